The lowest BCUT2D eigenvalue weighted by molar-refractivity contribution is 0.178. The first-order valence-electron chi connectivity index (χ1n) is 5.22. The van der Waals surface area contributed by atoms with Crippen LogP contribution in [0.25, 0.3) is 0 Å². The molecule has 5 heteroatoms. The van der Waals surface area contributed by atoms with Gasteiger partial charge in [-0.05, 0) is 17.7 Å². The quantitative estimate of drug-likeness (QED) is 0.724. The van der Waals surface area contributed by atoms with Gasteiger partial charge >= 0.3 is 6.09 Å². The summed E-state index contributed by atoms with van der Waals surface area (Å²) >= 11 is 9.64. The number of benzene rings is 1. The number of carbonyl (C=O) groups excluding carboxylic acids is 1. The van der Waals surface area contributed by atoms with Crippen LogP contribution in [0.4, 0.5) is 10.5 Å². The Morgan fingerprint density at radius 2 is 2.18 bits per heavy atom. The SMILES string of the molecule is COC(=O)N1CC(C)(C)c2cc(Br)cc(Cl)c21. The molecule has 2 rings (SSSR count). The van der Waals surface area contributed by atoms with E-state index in [1.54, 1.807) is 11.0 Å². The molecule has 0 saturated heterocycles. The molecule has 92 valence electrons. The highest BCUT2D eigenvalue weighted by Crippen LogP contribution is 2.46. The van der Waals surface area contributed by atoms with Gasteiger partial charge in [0.2, 0.25) is 0 Å². The van der Waals surface area contributed by atoms with E-state index in [2.05, 4.69) is 29.8 Å². The number of anilines is 1. The van der Waals surface area contributed by atoms with Crippen molar-refractivity contribution in [3.05, 3.63) is 27.2 Å². The number of amides is 1. The van der Waals surface area contributed by atoms with Crippen LogP contribution in [0.2, 0.25) is 5.02 Å². The predicted molar refractivity (Wildman–Crippen MR) is 71.9 cm³/mol. The van der Waals surface area contributed by atoms with Crippen molar-refractivity contribution in [2.45, 2.75) is 19.3 Å². The second-order valence-corrected chi connectivity index (χ2v) is 6.05. The lowest BCUT2D eigenvalue weighted by Crippen LogP contribution is -2.33. The number of hydrogen-bond donors (Lipinski definition) is 0. The van der Waals surface area contributed by atoms with Gasteiger partial charge in [-0.2, -0.15) is 0 Å². The van der Waals surface area contributed by atoms with Crippen LogP contribution >= 0.6 is 27.5 Å². The zero-order chi connectivity index (χ0) is 12.8. The minimum absolute atomic E-state index is 0.128. The molecule has 0 radical (unpaired) electrons. The van der Waals surface area contributed by atoms with Crippen molar-refractivity contribution in [2.75, 3.05) is 18.6 Å². The van der Waals surface area contributed by atoms with Gasteiger partial charge in [-0.15, -0.1) is 0 Å². The number of methoxy groups -OCH3 is 1. The van der Waals surface area contributed by atoms with Crippen molar-refractivity contribution < 1.29 is 9.53 Å². The fraction of sp³-hybridized carbons (Fsp3) is 0.417. The molecule has 0 atom stereocenters. The predicted octanol–water partition coefficient (Wildman–Crippen LogP) is 3.97. The molecule has 1 heterocycles. The lowest BCUT2D eigenvalue weighted by Gasteiger charge is -2.19. The molecule has 17 heavy (non-hydrogen) atoms. The molecule has 3 nitrogen and oxygen atoms in total. The Hall–Kier alpha value is -0.740. The van der Waals surface area contributed by atoms with E-state index in [9.17, 15) is 4.79 Å². The first kappa shape index (κ1) is 12.7. The second-order valence-electron chi connectivity index (χ2n) is 4.72. The molecule has 0 aliphatic carbocycles. The van der Waals surface area contributed by atoms with Gasteiger partial charge in [0.1, 0.15) is 0 Å². The van der Waals surface area contributed by atoms with Crippen LogP contribution < -0.4 is 4.90 Å². The van der Waals surface area contributed by atoms with Crippen LogP contribution in [0, 0.1) is 0 Å². The van der Waals surface area contributed by atoms with E-state index in [0.717, 1.165) is 15.7 Å². The molecule has 1 aliphatic heterocycles. The molecule has 1 aliphatic rings. The zero-order valence-corrected chi connectivity index (χ0v) is 12.2. The molecule has 1 aromatic carbocycles. The Morgan fingerprint density at radius 3 is 2.76 bits per heavy atom. The van der Waals surface area contributed by atoms with Gasteiger partial charge in [0.15, 0.2) is 0 Å². The summed E-state index contributed by atoms with van der Waals surface area (Å²) in [5, 5.41) is 0.561. The first-order chi connectivity index (χ1) is 7.86. The van der Waals surface area contributed by atoms with E-state index in [1.807, 2.05) is 6.07 Å². The summed E-state index contributed by atoms with van der Waals surface area (Å²) in [6.45, 7) is 4.74. The zero-order valence-electron chi connectivity index (χ0n) is 9.88. The minimum atomic E-state index is -0.374. The van der Waals surface area contributed by atoms with Crippen molar-refractivity contribution >= 4 is 39.3 Å². The van der Waals surface area contributed by atoms with Crippen molar-refractivity contribution in [3.63, 3.8) is 0 Å². The standard InChI is InChI=1S/C12H13BrClNO2/c1-12(2)6-15(11(16)17-3)10-8(12)4-7(13)5-9(10)14/h4-5H,6H2,1-3H3. The molecule has 0 saturated carbocycles. The average Bonchev–Trinajstić information content (AvgIpc) is 2.50. The number of fused-ring (bicyclic) bond motifs is 1. The highest BCUT2D eigenvalue weighted by Gasteiger charge is 2.40. The monoisotopic (exact) mass is 317 g/mol. The summed E-state index contributed by atoms with van der Waals surface area (Å²) in [6.07, 6.45) is -0.374. The maximum absolute atomic E-state index is 11.7. The summed E-state index contributed by atoms with van der Waals surface area (Å²) in [5.41, 5.74) is 1.69. The molecular weight excluding hydrogens is 305 g/mol. The van der Waals surface area contributed by atoms with E-state index < -0.39 is 0 Å². The van der Waals surface area contributed by atoms with Crippen LogP contribution in [0.15, 0.2) is 16.6 Å². The van der Waals surface area contributed by atoms with Gasteiger partial charge in [0.05, 0.1) is 17.8 Å². The third-order valence-electron chi connectivity index (χ3n) is 2.98. The highest BCUT2D eigenvalue weighted by molar-refractivity contribution is 9.10. The fourth-order valence-corrected chi connectivity index (χ4v) is 3.09. The third-order valence-corrected chi connectivity index (χ3v) is 3.72. The van der Waals surface area contributed by atoms with E-state index in [1.165, 1.54) is 7.11 Å². The van der Waals surface area contributed by atoms with Crippen molar-refractivity contribution in [1.29, 1.82) is 0 Å². The van der Waals surface area contributed by atoms with Crippen LogP contribution in [0.3, 0.4) is 0 Å². The van der Waals surface area contributed by atoms with Crippen molar-refractivity contribution in [1.82, 2.24) is 0 Å². The maximum atomic E-state index is 11.7. The summed E-state index contributed by atoms with van der Waals surface area (Å²) in [5.74, 6) is 0. The van der Waals surface area contributed by atoms with Gasteiger partial charge < -0.3 is 4.74 Å². The number of nitrogens with zero attached hydrogens (tertiary/aromatic N) is 1. The molecular formula is C12H13BrClNO2. The Labute approximate surface area is 114 Å². The Bertz CT molecular complexity index is 488. The van der Waals surface area contributed by atoms with Crippen LogP contribution in [0.5, 0.6) is 0 Å². The summed E-state index contributed by atoms with van der Waals surface area (Å²) < 4.78 is 5.70. The van der Waals surface area contributed by atoms with Gasteiger partial charge in [-0.25, -0.2) is 4.79 Å². The van der Waals surface area contributed by atoms with E-state index in [4.69, 9.17) is 16.3 Å². The number of carbonyl (C=O) groups is 1. The summed E-state index contributed by atoms with van der Waals surface area (Å²) in [4.78, 5) is 13.3. The number of ether oxygens (including phenoxy) is 1. The van der Waals surface area contributed by atoms with Crippen molar-refractivity contribution in [2.24, 2.45) is 0 Å². The largest absolute Gasteiger partial charge is 0.452 e. The molecule has 0 N–H and O–H groups in total. The molecule has 0 spiro atoms. The molecule has 1 aromatic rings. The number of hydrogen-bond acceptors (Lipinski definition) is 2. The Kier molecular flexibility index (Phi) is 3.12. The maximum Gasteiger partial charge on any atom is 0.414 e. The van der Waals surface area contributed by atoms with Crippen molar-refractivity contribution in [3.8, 4) is 0 Å². The number of halogens is 2. The smallest absolute Gasteiger partial charge is 0.414 e. The minimum Gasteiger partial charge on any atom is -0.452 e. The fourth-order valence-electron chi connectivity index (χ4n) is 2.18. The van der Waals surface area contributed by atoms with Crippen LogP contribution in [-0.4, -0.2) is 19.7 Å². The van der Waals surface area contributed by atoms with E-state index >= 15 is 0 Å². The summed E-state index contributed by atoms with van der Waals surface area (Å²) in [6, 6.07) is 3.79. The highest BCUT2D eigenvalue weighted by atomic mass is 79.9. The number of rotatable bonds is 0. The third kappa shape index (κ3) is 2.04. The topological polar surface area (TPSA) is 29.5 Å². The Morgan fingerprint density at radius 1 is 1.53 bits per heavy atom. The first-order valence-corrected chi connectivity index (χ1v) is 6.39. The van der Waals surface area contributed by atoms with Gasteiger partial charge in [-0.1, -0.05) is 41.4 Å². The van der Waals surface area contributed by atoms with E-state index in [-0.39, 0.29) is 11.5 Å². The molecule has 0 bridgehead atoms. The van der Waals surface area contributed by atoms with E-state index in [0.29, 0.717) is 11.6 Å². The molecule has 1 amide bonds. The molecule has 0 aromatic heterocycles. The Balaban J connectivity index is 2.61. The van der Waals surface area contributed by atoms with Gasteiger partial charge in [0, 0.05) is 16.4 Å². The second kappa shape index (κ2) is 4.18. The summed E-state index contributed by atoms with van der Waals surface area (Å²) in [7, 11) is 1.38. The average molecular weight is 319 g/mol. The van der Waals surface area contributed by atoms with Gasteiger partial charge in [0.25, 0.3) is 0 Å². The van der Waals surface area contributed by atoms with Crippen LogP contribution in [-0.2, 0) is 10.2 Å². The molecule has 0 fully saturated rings. The molecule has 0 unspecified atom stereocenters. The van der Waals surface area contributed by atoms with Gasteiger partial charge in [-0.3, -0.25) is 4.90 Å². The lowest BCUT2D eigenvalue weighted by atomic mass is 9.87. The van der Waals surface area contributed by atoms with Crippen LogP contribution in [0.1, 0.15) is 19.4 Å². The normalized spacial score (nSPS) is 16.9.